The van der Waals surface area contributed by atoms with E-state index in [1.807, 2.05) is 0 Å². The molecule has 0 aromatic heterocycles. The average molecular weight is 436 g/mol. The molecule has 0 aliphatic heterocycles. The molecule has 2 rings (SSSR count). The summed E-state index contributed by atoms with van der Waals surface area (Å²) in [5.41, 5.74) is 0.532. The van der Waals surface area contributed by atoms with Gasteiger partial charge >= 0.3 is 0 Å². The highest BCUT2D eigenvalue weighted by atomic mass is 35.5. The Kier molecular flexibility index (Phi) is 6.52. The normalized spacial score (nSPS) is 11.1. The topological polar surface area (TPSA) is 83.6 Å². The van der Waals surface area contributed by atoms with Gasteiger partial charge in [-0.25, -0.2) is 8.42 Å². The number of hydrogen-bond acceptors (Lipinski definition) is 4. The molecule has 0 saturated carbocycles. The maximum Gasteiger partial charge on any atom is 0.264 e. The third kappa shape index (κ3) is 5.11. The van der Waals surface area contributed by atoms with E-state index in [1.165, 1.54) is 49.4 Å². The third-order valence-corrected chi connectivity index (χ3v) is 5.51. The second-order valence-corrected chi connectivity index (χ2v) is 8.36. The van der Waals surface area contributed by atoms with E-state index in [0.717, 1.165) is 4.31 Å². The van der Waals surface area contributed by atoms with Gasteiger partial charge in [-0.05, 0) is 54.1 Å². The molecule has 2 aromatic rings. The molecule has 26 heavy (non-hydrogen) atoms. The van der Waals surface area contributed by atoms with Crippen molar-refractivity contribution >= 4 is 67.4 Å². The van der Waals surface area contributed by atoms with E-state index in [4.69, 9.17) is 34.8 Å². The third-order valence-electron chi connectivity index (χ3n) is 3.17. The summed E-state index contributed by atoms with van der Waals surface area (Å²) in [6.07, 6.45) is 0. The predicted octanol–water partition coefficient (Wildman–Crippen LogP) is 3.91. The van der Waals surface area contributed by atoms with Crippen molar-refractivity contribution in [3.63, 3.8) is 0 Å². The number of anilines is 2. The number of amides is 1. The average Bonchev–Trinajstić information content (AvgIpc) is 2.51. The Labute approximate surface area is 165 Å². The van der Waals surface area contributed by atoms with Crippen molar-refractivity contribution in [1.82, 2.24) is 0 Å². The number of nitrogens with one attached hydrogen (secondary N) is 1. The SMILES string of the molecule is CC(=O)Nc1ccc(S(=O)(=O)N(CC(=O)Cl)c2cc(Cl)cc(Cl)c2)cc1. The molecule has 0 heterocycles. The molecule has 0 aliphatic carbocycles. The zero-order valence-corrected chi connectivity index (χ0v) is 16.5. The molecular formula is C16H13Cl3N2O4S. The minimum atomic E-state index is -4.13. The first-order chi connectivity index (χ1) is 12.1. The summed E-state index contributed by atoms with van der Waals surface area (Å²) in [6, 6.07) is 9.62. The van der Waals surface area contributed by atoms with Crippen LogP contribution in [-0.2, 0) is 19.6 Å². The first-order valence-electron chi connectivity index (χ1n) is 7.14. The molecule has 0 bridgehead atoms. The van der Waals surface area contributed by atoms with E-state index < -0.39 is 21.8 Å². The molecule has 2 aromatic carbocycles. The van der Waals surface area contributed by atoms with E-state index in [2.05, 4.69) is 5.32 Å². The Morgan fingerprint density at radius 2 is 1.58 bits per heavy atom. The Morgan fingerprint density at radius 1 is 1.04 bits per heavy atom. The van der Waals surface area contributed by atoms with E-state index in [1.54, 1.807) is 0 Å². The second kappa shape index (κ2) is 8.26. The number of benzene rings is 2. The summed E-state index contributed by atoms with van der Waals surface area (Å²) in [6.45, 7) is 0.732. The summed E-state index contributed by atoms with van der Waals surface area (Å²) in [5.74, 6) is -0.288. The quantitative estimate of drug-likeness (QED) is 0.697. The van der Waals surface area contributed by atoms with Gasteiger partial charge in [0.05, 0.1) is 10.6 Å². The minimum absolute atomic E-state index is 0.0967. The van der Waals surface area contributed by atoms with Crippen LogP contribution in [-0.4, -0.2) is 26.1 Å². The summed E-state index contributed by atoms with van der Waals surface area (Å²) in [5, 5.41) is 2.07. The molecule has 0 saturated heterocycles. The van der Waals surface area contributed by atoms with Gasteiger partial charge < -0.3 is 5.32 Å². The van der Waals surface area contributed by atoms with Crippen LogP contribution in [0.4, 0.5) is 11.4 Å². The van der Waals surface area contributed by atoms with Crippen LogP contribution in [0, 0.1) is 0 Å². The summed E-state index contributed by atoms with van der Waals surface area (Å²) < 4.78 is 26.7. The monoisotopic (exact) mass is 434 g/mol. The molecule has 0 aliphatic rings. The summed E-state index contributed by atoms with van der Waals surface area (Å²) >= 11 is 17.3. The highest BCUT2D eigenvalue weighted by Gasteiger charge is 2.27. The van der Waals surface area contributed by atoms with Gasteiger partial charge in [-0.3, -0.25) is 13.9 Å². The number of halogens is 3. The molecule has 10 heteroatoms. The number of rotatable bonds is 6. The number of sulfonamides is 1. The molecule has 0 unspecified atom stereocenters. The lowest BCUT2D eigenvalue weighted by Gasteiger charge is -2.23. The van der Waals surface area contributed by atoms with Gasteiger partial charge in [0, 0.05) is 22.7 Å². The van der Waals surface area contributed by atoms with E-state index in [-0.39, 0.29) is 26.5 Å². The molecule has 6 nitrogen and oxygen atoms in total. The van der Waals surface area contributed by atoms with Gasteiger partial charge in [-0.15, -0.1) is 0 Å². The van der Waals surface area contributed by atoms with Gasteiger partial charge in [0.1, 0.15) is 6.54 Å². The van der Waals surface area contributed by atoms with Crippen LogP contribution in [0.5, 0.6) is 0 Å². The molecule has 138 valence electrons. The molecule has 1 amide bonds. The summed E-state index contributed by atoms with van der Waals surface area (Å²) in [7, 11) is -4.13. The lowest BCUT2D eigenvalue weighted by atomic mass is 10.3. The lowest BCUT2D eigenvalue weighted by Crippen LogP contribution is -2.34. The highest BCUT2D eigenvalue weighted by Crippen LogP contribution is 2.30. The fraction of sp³-hybridized carbons (Fsp3) is 0.125. The lowest BCUT2D eigenvalue weighted by molar-refractivity contribution is -0.114. The van der Waals surface area contributed by atoms with Crippen molar-refractivity contribution in [2.75, 3.05) is 16.2 Å². The van der Waals surface area contributed by atoms with Gasteiger partial charge in [0.25, 0.3) is 10.0 Å². The van der Waals surface area contributed by atoms with Gasteiger partial charge in [-0.2, -0.15) is 0 Å². The summed E-state index contributed by atoms with van der Waals surface area (Å²) in [4.78, 5) is 22.4. The fourth-order valence-electron chi connectivity index (χ4n) is 2.15. The van der Waals surface area contributed by atoms with Crippen molar-refractivity contribution < 1.29 is 18.0 Å². The van der Waals surface area contributed by atoms with E-state index in [0.29, 0.717) is 5.69 Å². The Morgan fingerprint density at radius 3 is 2.04 bits per heavy atom. The molecule has 0 spiro atoms. The van der Waals surface area contributed by atoms with Crippen LogP contribution in [0.15, 0.2) is 47.4 Å². The molecule has 0 fully saturated rings. The van der Waals surface area contributed by atoms with Crippen molar-refractivity contribution in [3.05, 3.63) is 52.5 Å². The Bertz CT molecular complexity index is 926. The van der Waals surface area contributed by atoms with Crippen molar-refractivity contribution in [2.45, 2.75) is 11.8 Å². The number of nitrogens with zero attached hydrogens (tertiary/aromatic N) is 1. The van der Waals surface area contributed by atoms with Gasteiger partial charge in [0.15, 0.2) is 0 Å². The van der Waals surface area contributed by atoms with Crippen molar-refractivity contribution in [2.24, 2.45) is 0 Å². The number of hydrogen-bond donors (Lipinski definition) is 1. The van der Waals surface area contributed by atoms with Gasteiger partial charge in [-0.1, -0.05) is 23.2 Å². The van der Waals surface area contributed by atoms with Crippen LogP contribution >= 0.6 is 34.8 Å². The standard InChI is InChI=1S/C16H13Cl3N2O4S/c1-10(22)20-13-2-4-15(5-3-13)26(24,25)21(9-16(19)23)14-7-11(17)6-12(18)8-14/h2-8H,9H2,1H3,(H,20,22). The van der Waals surface area contributed by atoms with Gasteiger partial charge in [0.2, 0.25) is 11.1 Å². The Hall–Kier alpha value is -1.80. The van der Waals surface area contributed by atoms with Crippen LogP contribution in [0.2, 0.25) is 10.0 Å². The van der Waals surface area contributed by atoms with Crippen molar-refractivity contribution in [1.29, 1.82) is 0 Å². The van der Waals surface area contributed by atoms with Crippen LogP contribution < -0.4 is 9.62 Å². The fourth-order valence-corrected chi connectivity index (χ4v) is 4.26. The molecule has 1 N–H and O–H groups in total. The number of carbonyl (C=O) groups is 2. The van der Waals surface area contributed by atoms with Crippen LogP contribution in [0.25, 0.3) is 0 Å². The van der Waals surface area contributed by atoms with E-state index in [9.17, 15) is 18.0 Å². The largest absolute Gasteiger partial charge is 0.326 e. The van der Waals surface area contributed by atoms with E-state index >= 15 is 0 Å². The van der Waals surface area contributed by atoms with Crippen LogP contribution in [0.3, 0.4) is 0 Å². The zero-order chi connectivity index (χ0) is 19.5. The number of carbonyl (C=O) groups excluding carboxylic acids is 2. The first-order valence-corrected chi connectivity index (χ1v) is 9.72. The maximum atomic E-state index is 13.0. The predicted molar refractivity (Wildman–Crippen MR) is 103 cm³/mol. The molecule has 0 radical (unpaired) electrons. The van der Waals surface area contributed by atoms with Crippen LogP contribution in [0.1, 0.15) is 6.92 Å². The molecular weight excluding hydrogens is 423 g/mol. The molecule has 0 atom stereocenters. The highest BCUT2D eigenvalue weighted by molar-refractivity contribution is 7.92. The zero-order valence-electron chi connectivity index (χ0n) is 13.4. The first kappa shape index (κ1) is 20.5. The smallest absolute Gasteiger partial charge is 0.264 e. The second-order valence-electron chi connectivity index (χ2n) is 5.20. The Balaban J connectivity index is 2.48. The van der Waals surface area contributed by atoms with Crippen molar-refractivity contribution in [3.8, 4) is 0 Å². The maximum absolute atomic E-state index is 13.0. The minimum Gasteiger partial charge on any atom is -0.326 e.